The van der Waals surface area contributed by atoms with Gasteiger partial charge in [-0.2, -0.15) is 0 Å². The number of benzene rings is 1. The molecule has 3 aliphatic carbocycles. The average Bonchev–Trinajstić information content (AvgIpc) is 2.84. The second-order valence-corrected chi connectivity index (χ2v) is 8.35. The number of hydrogen-bond donors (Lipinski definition) is 0. The monoisotopic (exact) mass is 316 g/mol. The first kappa shape index (κ1) is 15.5. The van der Waals surface area contributed by atoms with E-state index in [0.29, 0.717) is 23.7 Å². The van der Waals surface area contributed by atoms with Gasteiger partial charge in [0.1, 0.15) is 0 Å². The molecule has 0 aromatic heterocycles. The van der Waals surface area contributed by atoms with Crippen LogP contribution in [0.5, 0.6) is 5.75 Å². The van der Waals surface area contributed by atoms with Crippen molar-refractivity contribution >= 4 is 0 Å². The molecule has 1 aromatic carbocycles. The molecule has 0 spiro atoms. The maximum Gasteiger partial charge on any atom is 0.165 e. The zero-order chi connectivity index (χ0) is 16.2. The molecule has 5 unspecified atom stereocenters. The number of ether oxygens (including phenoxy) is 1. The van der Waals surface area contributed by atoms with Crippen LogP contribution in [0.2, 0.25) is 0 Å². The van der Waals surface area contributed by atoms with E-state index in [2.05, 4.69) is 13.8 Å². The standard InChI is InChI=1S/C21H29FO/c1-4-23-20-12-17-14(11-19(20)22)6-7-16-15(17)9-10-21(3)13(2)5-8-18(16)21/h11-13,15-16,18H,4-10H2,1-3H3. The van der Waals surface area contributed by atoms with E-state index in [1.807, 2.05) is 13.0 Å². The first-order valence-corrected chi connectivity index (χ1v) is 9.49. The van der Waals surface area contributed by atoms with Gasteiger partial charge in [-0.25, -0.2) is 4.39 Å². The van der Waals surface area contributed by atoms with Gasteiger partial charge < -0.3 is 4.74 Å². The Morgan fingerprint density at radius 3 is 2.83 bits per heavy atom. The van der Waals surface area contributed by atoms with Gasteiger partial charge in [0.15, 0.2) is 11.6 Å². The molecule has 1 aromatic rings. The SMILES string of the molecule is CCOc1cc2c(cc1F)CCC1C2CCC2(C)C(C)CCC12. The van der Waals surface area contributed by atoms with Crippen molar-refractivity contribution < 1.29 is 9.13 Å². The van der Waals surface area contributed by atoms with Crippen LogP contribution in [0.3, 0.4) is 0 Å². The molecule has 2 saturated carbocycles. The summed E-state index contributed by atoms with van der Waals surface area (Å²) in [5, 5.41) is 0. The smallest absolute Gasteiger partial charge is 0.165 e. The van der Waals surface area contributed by atoms with Gasteiger partial charge in [0, 0.05) is 0 Å². The lowest BCUT2D eigenvalue weighted by Crippen LogP contribution is -2.41. The molecule has 4 rings (SSSR count). The third-order valence-electron chi connectivity index (χ3n) is 7.55. The van der Waals surface area contributed by atoms with E-state index in [1.165, 1.54) is 43.2 Å². The molecule has 126 valence electrons. The highest BCUT2D eigenvalue weighted by molar-refractivity contribution is 5.42. The summed E-state index contributed by atoms with van der Waals surface area (Å²) in [7, 11) is 0. The lowest BCUT2D eigenvalue weighted by atomic mass is 9.54. The zero-order valence-electron chi connectivity index (χ0n) is 14.7. The molecule has 0 saturated heterocycles. The normalized spacial score (nSPS) is 38.6. The molecule has 0 aliphatic heterocycles. The Morgan fingerprint density at radius 2 is 2.04 bits per heavy atom. The molecule has 0 amide bonds. The Bertz CT molecular complexity index is 610. The Hall–Kier alpha value is -1.05. The predicted octanol–water partition coefficient (Wildman–Crippen LogP) is 5.72. The summed E-state index contributed by atoms with van der Waals surface area (Å²) in [6.07, 6.45) is 7.68. The van der Waals surface area contributed by atoms with Crippen molar-refractivity contribution in [1.82, 2.24) is 0 Å². The van der Waals surface area contributed by atoms with Crippen molar-refractivity contribution in [3.63, 3.8) is 0 Å². The van der Waals surface area contributed by atoms with Crippen LogP contribution >= 0.6 is 0 Å². The summed E-state index contributed by atoms with van der Waals surface area (Å²) < 4.78 is 19.7. The van der Waals surface area contributed by atoms with Gasteiger partial charge in [0.25, 0.3) is 0 Å². The maximum atomic E-state index is 14.2. The molecule has 2 fully saturated rings. The molecule has 0 heterocycles. The summed E-state index contributed by atoms with van der Waals surface area (Å²) in [5.41, 5.74) is 3.18. The molecular formula is C21H29FO. The van der Waals surface area contributed by atoms with Crippen LogP contribution in [-0.2, 0) is 6.42 Å². The van der Waals surface area contributed by atoms with Gasteiger partial charge in [0.05, 0.1) is 6.61 Å². The van der Waals surface area contributed by atoms with Gasteiger partial charge >= 0.3 is 0 Å². The van der Waals surface area contributed by atoms with E-state index in [9.17, 15) is 4.39 Å². The Morgan fingerprint density at radius 1 is 1.22 bits per heavy atom. The Kier molecular flexibility index (Phi) is 3.70. The summed E-state index contributed by atoms with van der Waals surface area (Å²) in [4.78, 5) is 0. The van der Waals surface area contributed by atoms with Gasteiger partial charge in [-0.1, -0.05) is 13.8 Å². The molecule has 5 atom stereocenters. The Labute approximate surface area is 139 Å². The second kappa shape index (κ2) is 5.50. The highest BCUT2D eigenvalue weighted by atomic mass is 19.1. The molecule has 3 aliphatic rings. The topological polar surface area (TPSA) is 9.23 Å². The van der Waals surface area contributed by atoms with Crippen LogP contribution in [0.4, 0.5) is 4.39 Å². The fraction of sp³-hybridized carbons (Fsp3) is 0.714. The van der Waals surface area contributed by atoms with Crippen LogP contribution in [-0.4, -0.2) is 6.61 Å². The number of fused-ring (bicyclic) bond motifs is 5. The maximum absolute atomic E-state index is 14.2. The minimum absolute atomic E-state index is 0.181. The van der Waals surface area contributed by atoms with Crippen LogP contribution in [0, 0.1) is 29.0 Å². The van der Waals surface area contributed by atoms with Crippen molar-refractivity contribution in [2.45, 2.75) is 65.2 Å². The second-order valence-electron chi connectivity index (χ2n) is 8.35. The lowest BCUT2D eigenvalue weighted by molar-refractivity contribution is 0.0335. The van der Waals surface area contributed by atoms with Gasteiger partial charge in [-0.3, -0.25) is 0 Å². The molecular weight excluding hydrogens is 287 g/mol. The summed E-state index contributed by atoms with van der Waals surface area (Å²) >= 11 is 0. The molecule has 0 bridgehead atoms. The van der Waals surface area contributed by atoms with Crippen LogP contribution in [0.25, 0.3) is 0 Å². The van der Waals surface area contributed by atoms with E-state index < -0.39 is 0 Å². The van der Waals surface area contributed by atoms with Gasteiger partial charge in [-0.15, -0.1) is 0 Å². The molecule has 2 heteroatoms. The van der Waals surface area contributed by atoms with E-state index in [0.717, 1.165) is 24.2 Å². The summed E-state index contributed by atoms with van der Waals surface area (Å²) in [5.74, 6) is 3.43. The summed E-state index contributed by atoms with van der Waals surface area (Å²) in [6, 6.07) is 3.79. The van der Waals surface area contributed by atoms with Crippen molar-refractivity contribution in [1.29, 1.82) is 0 Å². The largest absolute Gasteiger partial charge is 0.491 e. The van der Waals surface area contributed by atoms with Crippen LogP contribution in [0.15, 0.2) is 12.1 Å². The lowest BCUT2D eigenvalue weighted by Gasteiger charge is -2.50. The van der Waals surface area contributed by atoms with Crippen molar-refractivity contribution in [3.05, 3.63) is 29.1 Å². The van der Waals surface area contributed by atoms with E-state index >= 15 is 0 Å². The zero-order valence-corrected chi connectivity index (χ0v) is 14.7. The first-order valence-electron chi connectivity index (χ1n) is 9.49. The third kappa shape index (κ3) is 2.24. The summed E-state index contributed by atoms with van der Waals surface area (Å²) in [6.45, 7) is 7.45. The van der Waals surface area contributed by atoms with E-state index in [-0.39, 0.29) is 5.82 Å². The first-order chi connectivity index (χ1) is 11.0. The van der Waals surface area contributed by atoms with Crippen molar-refractivity contribution in [2.75, 3.05) is 6.61 Å². The predicted molar refractivity (Wildman–Crippen MR) is 91.4 cm³/mol. The molecule has 0 N–H and O–H groups in total. The minimum atomic E-state index is -0.181. The molecule has 1 nitrogen and oxygen atoms in total. The highest BCUT2D eigenvalue weighted by Crippen LogP contribution is 2.62. The molecule has 0 radical (unpaired) electrons. The van der Waals surface area contributed by atoms with Gasteiger partial charge in [0.2, 0.25) is 0 Å². The average molecular weight is 316 g/mol. The number of aryl methyl sites for hydroxylation is 1. The fourth-order valence-corrected chi connectivity index (χ4v) is 6.10. The fourth-order valence-electron chi connectivity index (χ4n) is 6.10. The van der Waals surface area contributed by atoms with Gasteiger partial charge in [-0.05, 0) is 97.8 Å². The quantitative estimate of drug-likeness (QED) is 0.678. The third-order valence-corrected chi connectivity index (χ3v) is 7.55. The highest BCUT2D eigenvalue weighted by Gasteiger charge is 2.53. The number of rotatable bonds is 2. The van der Waals surface area contributed by atoms with Crippen LogP contribution in [0.1, 0.15) is 69.9 Å². The van der Waals surface area contributed by atoms with Crippen LogP contribution < -0.4 is 4.74 Å². The Balaban J connectivity index is 1.70. The van der Waals surface area contributed by atoms with E-state index in [4.69, 9.17) is 4.74 Å². The minimum Gasteiger partial charge on any atom is -0.491 e. The molecule has 23 heavy (non-hydrogen) atoms. The number of halogens is 1. The van der Waals surface area contributed by atoms with Crippen molar-refractivity contribution in [3.8, 4) is 5.75 Å². The number of hydrogen-bond acceptors (Lipinski definition) is 1. The van der Waals surface area contributed by atoms with E-state index in [1.54, 1.807) is 6.07 Å². The van der Waals surface area contributed by atoms with Crippen molar-refractivity contribution in [2.24, 2.45) is 23.2 Å².